The molecule has 0 saturated heterocycles. The van der Waals surface area contributed by atoms with E-state index in [2.05, 4.69) is 20.8 Å². The molecule has 0 heterocycles. The summed E-state index contributed by atoms with van der Waals surface area (Å²) < 4.78 is 16.9. The van der Waals surface area contributed by atoms with Gasteiger partial charge in [-0.15, -0.1) is 0 Å². The second kappa shape index (κ2) is 64.9. The number of carbonyl (C=O) groups is 3. The van der Waals surface area contributed by atoms with Crippen molar-refractivity contribution in [1.82, 2.24) is 0 Å². The molecule has 6 heteroatoms. The summed E-state index contributed by atoms with van der Waals surface area (Å²) in [5, 5.41) is 0. The molecule has 0 rings (SSSR count). The second-order valence-corrected chi connectivity index (χ2v) is 23.8. The molecule has 0 amide bonds. The SMILES string of the molecule is CCCCCCCCCCCCCCCCCCCCCCCCCCCCCCCC(=O)OCC(COC(=O)CCCCCCCCCCC)OC(=O)CCCCCCCCCCCCCCCCCCCCC. The Morgan fingerprint density at radius 2 is 0.360 bits per heavy atom. The average Bonchev–Trinajstić information content (AvgIpc) is 3.41. The van der Waals surface area contributed by atoms with Crippen LogP contribution in [0.2, 0.25) is 0 Å². The fourth-order valence-electron chi connectivity index (χ4n) is 10.9. The van der Waals surface area contributed by atoms with Crippen LogP contribution in [-0.4, -0.2) is 37.2 Å². The first-order valence-corrected chi connectivity index (χ1v) is 34.5. The van der Waals surface area contributed by atoms with Gasteiger partial charge < -0.3 is 14.2 Å². The van der Waals surface area contributed by atoms with Crippen LogP contribution in [0.5, 0.6) is 0 Å². The fourth-order valence-corrected chi connectivity index (χ4v) is 10.9. The van der Waals surface area contributed by atoms with Gasteiger partial charge in [0, 0.05) is 19.3 Å². The minimum Gasteiger partial charge on any atom is -0.462 e. The number of unbranched alkanes of at least 4 members (excludes halogenated alkanes) is 54. The zero-order chi connectivity index (χ0) is 54.3. The molecule has 6 nitrogen and oxygen atoms in total. The van der Waals surface area contributed by atoms with Gasteiger partial charge in [0.1, 0.15) is 13.2 Å². The number of hydrogen-bond donors (Lipinski definition) is 0. The van der Waals surface area contributed by atoms with Gasteiger partial charge in [0.15, 0.2) is 6.10 Å². The summed E-state index contributed by atoms with van der Waals surface area (Å²) in [6.07, 6.45) is 75.8. The second-order valence-electron chi connectivity index (χ2n) is 23.8. The highest BCUT2D eigenvalue weighted by atomic mass is 16.6. The quantitative estimate of drug-likeness (QED) is 0.0343. The Morgan fingerprint density at radius 3 is 0.533 bits per heavy atom. The van der Waals surface area contributed by atoms with E-state index in [0.717, 1.165) is 57.8 Å². The van der Waals surface area contributed by atoms with E-state index in [4.69, 9.17) is 14.2 Å². The van der Waals surface area contributed by atoms with Crippen molar-refractivity contribution in [3.05, 3.63) is 0 Å². The van der Waals surface area contributed by atoms with Crippen LogP contribution < -0.4 is 0 Å². The number of hydrogen-bond acceptors (Lipinski definition) is 6. The third kappa shape index (κ3) is 63.1. The van der Waals surface area contributed by atoms with Crippen molar-refractivity contribution in [2.75, 3.05) is 13.2 Å². The zero-order valence-corrected chi connectivity index (χ0v) is 51.4. The van der Waals surface area contributed by atoms with Crippen molar-refractivity contribution in [2.45, 2.75) is 412 Å². The summed E-state index contributed by atoms with van der Waals surface area (Å²) in [4.78, 5) is 38.2. The summed E-state index contributed by atoms with van der Waals surface area (Å²) in [6.45, 7) is 6.71. The number of rotatable bonds is 65. The van der Waals surface area contributed by atoms with E-state index in [-0.39, 0.29) is 31.1 Å². The molecule has 0 aliphatic rings. The Bertz CT molecular complexity index is 1120. The third-order valence-electron chi connectivity index (χ3n) is 16.1. The van der Waals surface area contributed by atoms with Crippen molar-refractivity contribution >= 4 is 17.9 Å². The van der Waals surface area contributed by atoms with Gasteiger partial charge in [-0.2, -0.15) is 0 Å². The molecule has 0 aromatic rings. The van der Waals surface area contributed by atoms with Crippen molar-refractivity contribution in [3.63, 3.8) is 0 Å². The molecule has 1 unspecified atom stereocenters. The topological polar surface area (TPSA) is 78.9 Å². The highest BCUT2D eigenvalue weighted by Gasteiger charge is 2.19. The molecule has 0 radical (unpaired) electrons. The highest BCUT2D eigenvalue weighted by Crippen LogP contribution is 2.19. The monoisotopic (exact) mass is 1060 g/mol. The summed E-state index contributed by atoms with van der Waals surface area (Å²) in [5.74, 6) is -0.829. The van der Waals surface area contributed by atoms with Crippen LogP contribution in [0.4, 0.5) is 0 Å². The van der Waals surface area contributed by atoms with E-state index < -0.39 is 6.10 Å². The number of ether oxygens (including phenoxy) is 3. The first-order valence-electron chi connectivity index (χ1n) is 34.5. The first kappa shape index (κ1) is 73.4. The minimum atomic E-state index is -0.762. The molecule has 0 spiro atoms. The van der Waals surface area contributed by atoms with Crippen LogP contribution >= 0.6 is 0 Å². The standard InChI is InChI=1S/C69H134O6/c1-4-7-10-13-16-19-21-23-25-27-29-30-31-32-33-34-35-36-37-38-40-41-43-45-47-50-53-56-59-62-68(71)74-65-66(64-73-67(70)61-58-55-52-49-18-15-12-9-6-3)75-69(72)63-60-57-54-51-48-46-44-42-39-28-26-24-22-20-17-14-11-8-5-2/h66H,4-65H2,1-3H3. The van der Waals surface area contributed by atoms with Gasteiger partial charge in [-0.3, -0.25) is 14.4 Å². The normalized spacial score (nSPS) is 11.9. The molecule has 0 aliphatic carbocycles. The molecular weight excluding hydrogens is 925 g/mol. The first-order chi connectivity index (χ1) is 37.0. The van der Waals surface area contributed by atoms with E-state index in [9.17, 15) is 14.4 Å². The van der Waals surface area contributed by atoms with Crippen LogP contribution in [0.1, 0.15) is 406 Å². The van der Waals surface area contributed by atoms with Crippen LogP contribution in [0.15, 0.2) is 0 Å². The zero-order valence-electron chi connectivity index (χ0n) is 51.4. The molecule has 1 atom stereocenters. The lowest BCUT2D eigenvalue weighted by atomic mass is 10.0. The van der Waals surface area contributed by atoms with Gasteiger partial charge in [0.25, 0.3) is 0 Å². The molecular formula is C69H134O6. The largest absolute Gasteiger partial charge is 0.462 e. The number of carbonyl (C=O) groups excluding carboxylic acids is 3. The maximum Gasteiger partial charge on any atom is 0.306 e. The van der Waals surface area contributed by atoms with Gasteiger partial charge in [0.2, 0.25) is 0 Å². The molecule has 75 heavy (non-hydrogen) atoms. The Kier molecular flexibility index (Phi) is 63.6. The van der Waals surface area contributed by atoms with E-state index in [1.54, 1.807) is 0 Å². The number of esters is 3. The maximum atomic E-state index is 12.9. The van der Waals surface area contributed by atoms with Gasteiger partial charge in [-0.25, -0.2) is 0 Å². The molecule has 446 valence electrons. The van der Waals surface area contributed by atoms with Crippen molar-refractivity contribution < 1.29 is 28.6 Å². The van der Waals surface area contributed by atoms with Gasteiger partial charge in [-0.1, -0.05) is 367 Å². The van der Waals surface area contributed by atoms with Crippen molar-refractivity contribution in [2.24, 2.45) is 0 Å². The molecule has 0 aromatic heterocycles. The molecule has 0 bridgehead atoms. The van der Waals surface area contributed by atoms with Gasteiger partial charge in [0.05, 0.1) is 0 Å². The van der Waals surface area contributed by atoms with Crippen molar-refractivity contribution in [1.29, 1.82) is 0 Å². The summed E-state index contributed by atoms with van der Waals surface area (Å²) in [5.41, 5.74) is 0. The van der Waals surface area contributed by atoms with E-state index in [1.165, 1.54) is 308 Å². The Hall–Kier alpha value is -1.59. The molecule has 0 N–H and O–H groups in total. The van der Waals surface area contributed by atoms with Crippen LogP contribution in [0.25, 0.3) is 0 Å². The fraction of sp³-hybridized carbons (Fsp3) is 0.957. The van der Waals surface area contributed by atoms with Gasteiger partial charge >= 0.3 is 17.9 Å². The smallest absolute Gasteiger partial charge is 0.306 e. The minimum absolute atomic E-state index is 0.0609. The lowest BCUT2D eigenvalue weighted by molar-refractivity contribution is -0.167. The molecule has 0 fully saturated rings. The summed E-state index contributed by atoms with van der Waals surface area (Å²) in [6, 6.07) is 0. The Balaban J connectivity index is 4.04. The third-order valence-corrected chi connectivity index (χ3v) is 16.1. The maximum absolute atomic E-state index is 12.9. The lowest BCUT2D eigenvalue weighted by Crippen LogP contribution is -2.30. The van der Waals surface area contributed by atoms with Gasteiger partial charge in [-0.05, 0) is 19.3 Å². The Labute approximate surface area is 469 Å². The van der Waals surface area contributed by atoms with Crippen LogP contribution in [0.3, 0.4) is 0 Å². The molecule has 0 aromatic carbocycles. The highest BCUT2D eigenvalue weighted by molar-refractivity contribution is 5.71. The van der Waals surface area contributed by atoms with E-state index in [0.29, 0.717) is 19.3 Å². The van der Waals surface area contributed by atoms with Crippen molar-refractivity contribution in [3.8, 4) is 0 Å². The molecule has 0 aliphatic heterocycles. The summed E-state index contributed by atoms with van der Waals surface area (Å²) >= 11 is 0. The summed E-state index contributed by atoms with van der Waals surface area (Å²) in [7, 11) is 0. The predicted molar refractivity (Wildman–Crippen MR) is 326 cm³/mol. The Morgan fingerprint density at radius 1 is 0.213 bits per heavy atom. The van der Waals surface area contributed by atoms with Crippen LogP contribution in [-0.2, 0) is 28.6 Å². The molecule has 0 saturated carbocycles. The average molecular weight is 1060 g/mol. The van der Waals surface area contributed by atoms with E-state index >= 15 is 0 Å². The predicted octanol–water partition coefficient (Wildman–Crippen LogP) is 23.5. The van der Waals surface area contributed by atoms with Crippen LogP contribution in [0, 0.1) is 0 Å². The van der Waals surface area contributed by atoms with E-state index in [1.807, 2.05) is 0 Å². The lowest BCUT2D eigenvalue weighted by Gasteiger charge is -2.18.